The van der Waals surface area contributed by atoms with Crippen LogP contribution in [0.15, 0.2) is 48.0 Å². The third kappa shape index (κ3) is 5.52. The second kappa shape index (κ2) is 10.2. The number of amides is 1. The van der Waals surface area contributed by atoms with Gasteiger partial charge in [-0.2, -0.15) is 0 Å². The Morgan fingerprint density at radius 3 is 2.71 bits per heavy atom. The summed E-state index contributed by atoms with van der Waals surface area (Å²) in [6.45, 7) is 2.17. The van der Waals surface area contributed by atoms with Crippen molar-refractivity contribution in [3.8, 4) is 27.4 Å². The Labute approximate surface area is 212 Å². The molecule has 0 saturated carbocycles. The fourth-order valence-electron chi connectivity index (χ4n) is 4.22. The number of halogens is 1. The van der Waals surface area contributed by atoms with Gasteiger partial charge >= 0.3 is 0 Å². The lowest BCUT2D eigenvalue weighted by atomic mass is 9.99. The van der Waals surface area contributed by atoms with Crippen molar-refractivity contribution in [3.63, 3.8) is 0 Å². The predicted octanol–water partition coefficient (Wildman–Crippen LogP) is 4.26. The van der Waals surface area contributed by atoms with Crippen LogP contribution in [0, 0.1) is 0 Å². The molecule has 1 amide bonds. The molecule has 0 radical (unpaired) electrons. The van der Waals surface area contributed by atoms with Crippen molar-refractivity contribution in [3.05, 3.63) is 58.6 Å². The SMILES string of the molecule is O=C(c1ccc(-c2cc(-c3ccnc(OCCC4(O)COC4)c3)cs2)c(Cl)c1)N1CCC(O)CC1. The molecule has 2 N–H and O–H groups in total. The fourth-order valence-corrected chi connectivity index (χ4v) is 5.52. The predicted molar refractivity (Wildman–Crippen MR) is 135 cm³/mol. The molecule has 184 valence electrons. The Kier molecular flexibility index (Phi) is 7.09. The number of aliphatic hydroxyl groups is 2. The monoisotopic (exact) mass is 514 g/mol. The van der Waals surface area contributed by atoms with Crippen LogP contribution < -0.4 is 4.74 Å². The molecule has 0 aliphatic carbocycles. The van der Waals surface area contributed by atoms with Gasteiger partial charge in [-0.15, -0.1) is 11.3 Å². The summed E-state index contributed by atoms with van der Waals surface area (Å²) in [6.07, 6.45) is 3.09. The van der Waals surface area contributed by atoms with Crippen LogP contribution in [0.2, 0.25) is 5.02 Å². The number of piperidine rings is 1. The molecule has 1 aromatic carbocycles. The zero-order valence-corrected chi connectivity index (χ0v) is 20.7. The van der Waals surface area contributed by atoms with Crippen molar-refractivity contribution in [1.82, 2.24) is 9.88 Å². The van der Waals surface area contributed by atoms with E-state index in [1.165, 1.54) is 0 Å². The van der Waals surface area contributed by atoms with Crippen LogP contribution in [0.25, 0.3) is 21.6 Å². The van der Waals surface area contributed by atoms with Crippen molar-refractivity contribution < 1.29 is 24.5 Å². The highest BCUT2D eigenvalue weighted by molar-refractivity contribution is 7.14. The van der Waals surface area contributed by atoms with Crippen LogP contribution >= 0.6 is 22.9 Å². The summed E-state index contributed by atoms with van der Waals surface area (Å²) in [5.74, 6) is 0.448. The molecule has 5 rings (SSSR count). The molecular formula is C26H27ClN2O5S. The normalized spacial score (nSPS) is 17.7. The first kappa shape index (κ1) is 24.2. The van der Waals surface area contributed by atoms with Crippen LogP contribution in [0.5, 0.6) is 5.88 Å². The van der Waals surface area contributed by atoms with Crippen molar-refractivity contribution in [2.45, 2.75) is 31.0 Å². The van der Waals surface area contributed by atoms with E-state index < -0.39 is 5.60 Å². The minimum atomic E-state index is -0.782. The number of carbonyl (C=O) groups is 1. The Morgan fingerprint density at radius 1 is 1.20 bits per heavy atom. The number of rotatable bonds is 7. The second-order valence-electron chi connectivity index (χ2n) is 9.12. The zero-order valence-electron chi connectivity index (χ0n) is 19.2. The maximum absolute atomic E-state index is 12.8. The van der Waals surface area contributed by atoms with Crippen LogP contribution in [0.4, 0.5) is 0 Å². The highest BCUT2D eigenvalue weighted by Crippen LogP contribution is 2.37. The number of hydrogen-bond acceptors (Lipinski definition) is 7. The lowest BCUT2D eigenvalue weighted by molar-refractivity contribution is -0.184. The molecule has 0 bridgehead atoms. The molecule has 2 saturated heterocycles. The van der Waals surface area contributed by atoms with E-state index in [2.05, 4.69) is 16.4 Å². The van der Waals surface area contributed by atoms with Crippen molar-refractivity contribution in [1.29, 1.82) is 0 Å². The number of carbonyl (C=O) groups excluding carboxylic acids is 1. The van der Waals surface area contributed by atoms with Crippen LogP contribution in [-0.2, 0) is 4.74 Å². The van der Waals surface area contributed by atoms with Gasteiger partial charge in [0.1, 0.15) is 5.60 Å². The van der Waals surface area contributed by atoms with Gasteiger partial charge in [0.05, 0.1) is 30.9 Å². The third-order valence-electron chi connectivity index (χ3n) is 6.46. The van der Waals surface area contributed by atoms with Crippen molar-refractivity contribution in [2.75, 3.05) is 32.9 Å². The van der Waals surface area contributed by atoms with Gasteiger partial charge < -0.3 is 24.6 Å². The van der Waals surface area contributed by atoms with E-state index in [-0.39, 0.29) is 12.0 Å². The maximum atomic E-state index is 12.8. The van der Waals surface area contributed by atoms with E-state index in [9.17, 15) is 15.0 Å². The number of ether oxygens (including phenoxy) is 2. The number of aromatic nitrogens is 1. The molecule has 4 heterocycles. The van der Waals surface area contributed by atoms with Crippen molar-refractivity contribution in [2.24, 2.45) is 0 Å². The number of nitrogens with zero attached hydrogens (tertiary/aromatic N) is 2. The van der Waals surface area contributed by atoms with Crippen LogP contribution in [0.1, 0.15) is 29.6 Å². The van der Waals surface area contributed by atoms with Gasteiger partial charge in [-0.25, -0.2) is 4.98 Å². The van der Waals surface area contributed by atoms with Gasteiger partial charge in [-0.1, -0.05) is 17.7 Å². The quantitative estimate of drug-likeness (QED) is 0.489. The molecule has 35 heavy (non-hydrogen) atoms. The summed E-state index contributed by atoms with van der Waals surface area (Å²) >= 11 is 8.17. The van der Waals surface area contributed by atoms with E-state index in [4.69, 9.17) is 21.1 Å². The van der Waals surface area contributed by atoms with Gasteiger partial charge in [0.15, 0.2) is 0 Å². The molecule has 2 aliphatic heterocycles. The highest BCUT2D eigenvalue weighted by Gasteiger charge is 2.35. The smallest absolute Gasteiger partial charge is 0.253 e. The topological polar surface area (TPSA) is 92.1 Å². The summed E-state index contributed by atoms with van der Waals surface area (Å²) < 4.78 is 10.8. The molecule has 0 spiro atoms. The van der Waals surface area contributed by atoms with Gasteiger partial charge in [-0.3, -0.25) is 4.79 Å². The molecule has 2 fully saturated rings. The van der Waals surface area contributed by atoms with E-state index in [1.54, 1.807) is 28.5 Å². The number of hydrogen-bond donors (Lipinski definition) is 2. The Morgan fingerprint density at radius 2 is 2.00 bits per heavy atom. The molecule has 2 aromatic heterocycles. The summed E-state index contributed by atoms with van der Waals surface area (Å²) in [5, 5.41) is 22.4. The average molecular weight is 515 g/mol. The number of aliphatic hydroxyl groups excluding tert-OH is 1. The summed E-state index contributed by atoms with van der Waals surface area (Å²) in [5.41, 5.74) is 2.64. The maximum Gasteiger partial charge on any atom is 0.253 e. The summed E-state index contributed by atoms with van der Waals surface area (Å²) in [6, 6.07) is 11.3. The van der Waals surface area contributed by atoms with Gasteiger partial charge in [0.25, 0.3) is 5.91 Å². The lowest BCUT2D eigenvalue weighted by Gasteiger charge is -2.36. The lowest BCUT2D eigenvalue weighted by Crippen LogP contribution is -2.50. The van der Waals surface area contributed by atoms with E-state index in [0.29, 0.717) is 68.6 Å². The molecule has 2 aliphatic rings. The number of thiophene rings is 1. The van der Waals surface area contributed by atoms with E-state index >= 15 is 0 Å². The standard InChI is InChI=1S/C26H27ClN2O5S/c27-22-11-18(25(31)29-8-4-20(30)5-9-29)1-2-21(22)23-12-19(14-35-23)17-3-7-28-24(13-17)34-10-6-26(32)15-33-16-26/h1-3,7,11-14,20,30,32H,4-6,8-10,15-16H2. The van der Waals surface area contributed by atoms with E-state index in [1.807, 2.05) is 24.3 Å². The molecular weight excluding hydrogens is 488 g/mol. The third-order valence-corrected chi connectivity index (χ3v) is 7.74. The Bertz CT molecular complexity index is 1200. The summed E-state index contributed by atoms with van der Waals surface area (Å²) in [7, 11) is 0. The van der Waals surface area contributed by atoms with Crippen molar-refractivity contribution >= 4 is 28.8 Å². The van der Waals surface area contributed by atoms with Crippen LogP contribution in [-0.4, -0.2) is 70.6 Å². The largest absolute Gasteiger partial charge is 0.478 e. The average Bonchev–Trinajstić information content (AvgIpc) is 3.33. The fraction of sp³-hybridized carbons (Fsp3) is 0.385. The molecule has 0 atom stereocenters. The minimum absolute atomic E-state index is 0.0570. The van der Waals surface area contributed by atoms with Gasteiger partial charge in [-0.05, 0) is 53.6 Å². The van der Waals surface area contributed by atoms with E-state index in [0.717, 1.165) is 21.6 Å². The highest BCUT2D eigenvalue weighted by atomic mass is 35.5. The van der Waals surface area contributed by atoms with Gasteiger partial charge in [0, 0.05) is 47.8 Å². The van der Waals surface area contributed by atoms with Crippen LogP contribution in [0.3, 0.4) is 0 Å². The summed E-state index contributed by atoms with van der Waals surface area (Å²) in [4.78, 5) is 19.9. The Balaban J connectivity index is 1.26. The number of benzene rings is 1. The molecule has 9 heteroatoms. The van der Waals surface area contributed by atoms with Gasteiger partial charge in [0.2, 0.25) is 5.88 Å². The zero-order chi connectivity index (χ0) is 24.4. The molecule has 0 unspecified atom stereocenters. The number of likely N-dealkylation sites (tertiary alicyclic amines) is 1. The number of pyridine rings is 1. The second-order valence-corrected chi connectivity index (χ2v) is 10.4. The first-order valence-corrected chi connectivity index (χ1v) is 12.9. The first-order valence-electron chi connectivity index (χ1n) is 11.7. The molecule has 7 nitrogen and oxygen atoms in total. The Hall–Kier alpha value is -2.49. The first-order chi connectivity index (χ1) is 16.9. The minimum Gasteiger partial charge on any atom is -0.478 e. The molecule has 3 aromatic rings.